The van der Waals surface area contributed by atoms with Crippen molar-refractivity contribution in [2.75, 3.05) is 26.7 Å². The van der Waals surface area contributed by atoms with E-state index in [0.717, 1.165) is 37.2 Å². The summed E-state index contributed by atoms with van der Waals surface area (Å²) in [6.07, 6.45) is 3.49. The van der Waals surface area contributed by atoms with Gasteiger partial charge in [0, 0.05) is 17.1 Å². The van der Waals surface area contributed by atoms with Crippen LogP contribution in [0.25, 0.3) is 0 Å². The van der Waals surface area contributed by atoms with E-state index in [4.69, 9.17) is 16.3 Å². The Balaban J connectivity index is 1.69. The Labute approximate surface area is 170 Å². The summed E-state index contributed by atoms with van der Waals surface area (Å²) in [5, 5.41) is 3.25. The van der Waals surface area contributed by atoms with E-state index in [2.05, 4.69) is 10.2 Å². The fourth-order valence-electron chi connectivity index (χ4n) is 3.65. The third-order valence-corrected chi connectivity index (χ3v) is 5.58. The Morgan fingerprint density at radius 3 is 2.54 bits per heavy atom. The van der Waals surface area contributed by atoms with E-state index in [1.807, 2.05) is 24.3 Å². The zero-order valence-electron chi connectivity index (χ0n) is 16.1. The van der Waals surface area contributed by atoms with Crippen LogP contribution in [0.3, 0.4) is 0 Å². The Kier molecular flexibility index (Phi) is 7.29. The van der Waals surface area contributed by atoms with Gasteiger partial charge in [-0.3, -0.25) is 9.69 Å². The number of methoxy groups -OCH3 is 1. The third-order valence-electron chi connectivity index (χ3n) is 5.22. The lowest BCUT2D eigenvalue weighted by Crippen LogP contribution is -2.41. The molecular weight excluding hydrogens is 379 g/mol. The highest BCUT2D eigenvalue weighted by Crippen LogP contribution is 2.26. The van der Waals surface area contributed by atoms with Crippen molar-refractivity contribution < 1.29 is 13.9 Å². The number of rotatable bonds is 7. The molecule has 0 aromatic heterocycles. The van der Waals surface area contributed by atoms with Crippen LogP contribution in [0.15, 0.2) is 42.5 Å². The van der Waals surface area contributed by atoms with Crippen LogP contribution in [0.1, 0.15) is 36.4 Å². The number of ether oxygens (including phenoxy) is 1. The molecule has 1 saturated heterocycles. The molecule has 6 heteroatoms. The molecule has 1 fully saturated rings. The number of benzene rings is 2. The standard InChI is InChI=1S/C22H26ClFN2O2/c1-28-17-10-8-16(9-11-17)21(26-12-3-2-4-13-26)15-25-22(27)14-18-19(23)6-5-7-20(18)24/h5-11,21H,2-4,12-15H2,1H3,(H,25,27)/t21-/m0/s1. The first kappa shape index (κ1) is 20.6. The van der Waals surface area contributed by atoms with Crippen molar-refractivity contribution in [2.45, 2.75) is 31.7 Å². The quantitative estimate of drug-likeness (QED) is 0.744. The van der Waals surface area contributed by atoms with Crippen LogP contribution >= 0.6 is 11.6 Å². The molecule has 28 heavy (non-hydrogen) atoms. The van der Waals surface area contributed by atoms with Gasteiger partial charge in [-0.1, -0.05) is 36.2 Å². The molecular formula is C22H26ClFN2O2. The van der Waals surface area contributed by atoms with Gasteiger partial charge in [-0.05, 0) is 55.8 Å². The van der Waals surface area contributed by atoms with Crippen molar-refractivity contribution in [3.63, 3.8) is 0 Å². The first-order valence-electron chi connectivity index (χ1n) is 9.66. The second-order valence-electron chi connectivity index (χ2n) is 7.07. The van der Waals surface area contributed by atoms with Crippen molar-refractivity contribution in [3.05, 3.63) is 64.4 Å². The van der Waals surface area contributed by atoms with Gasteiger partial charge in [0.15, 0.2) is 0 Å². The first-order valence-corrected chi connectivity index (χ1v) is 10.0. The minimum absolute atomic E-state index is 0.0686. The van der Waals surface area contributed by atoms with Gasteiger partial charge < -0.3 is 10.1 Å². The van der Waals surface area contributed by atoms with Crippen molar-refractivity contribution in [1.29, 1.82) is 0 Å². The number of carbonyl (C=O) groups is 1. The normalized spacial score (nSPS) is 15.8. The molecule has 0 saturated carbocycles. The van der Waals surface area contributed by atoms with Gasteiger partial charge in [0.2, 0.25) is 5.91 Å². The lowest BCUT2D eigenvalue weighted by atomic mass is 10.0. The summed E-state index contributed by atoms with van der Waals surface area (Å²) < 4.78 is 19.2. The number of likely N-dealkylation sites (tertiary alicyclic amines) is 1. The molecule has 1 amide bonds. The number of carbonyl (C=O) groups excluding carboxylic acids is 1. The van der Waals surface area contributed by atoms with Crippen LogP contribution in [-0.4, -0.2) is 37.6 Å². The Morgan fingerprint density at radius 2 is 1.89 bits per heavy atom. The SMILES string of the molecule is COc1ccc([C@H](CNC(=O)Cc2c(F)cccc2Cl)N2CCCCC2)cc1. The molecule has 1 heterocycles. The van der Waals surface area contributed by atoms with E-state index in [1.54, 1.807) is 13.2 Å². The molecule has 0 aliphatic carbocycles. The van der Waals surface area contributed by atoms with E-state index in [9.17, 15) is 9.18 Å². The van der Waals surface area contributed by atoms with Crippen LogP contribution in [0, 0.1) is 5.82 Å². The van der Waals surface area contributed by atoms with Crippen molar-refractivity contribution in [2.24, 2.45) is 0 Å². The lowest BCUT2D eigenvalue weighted by molar-refractivity contribution is -0.120. The smallest absolute Gasteiger partial charge is 0.224 e. The summed E-state index contributed by atoms with van der Waals surface area (Å²) >= 11 is 6.04. The predicted molar refractivity (Wildman–Crippen MR) is 109 cm³/mol. The van der Waals surface area contributed by atoms with Gasteiger partial charge in [-0.2, -0.15) is 0 Å². The predicted octanol–water partition coefficient (Wildman–Crippen LogP) is 4.37. The summed E-state index contributed by atoms with van der Waals surface area (Å²) in [5.41, 5.74) is 1.37. The minimum atomic E-state index is -0.453. The van der Waals surface area contributed by atoms with Crippen LogP contribution in [0.5, 0.6) is 5.75 Å². The second kappa shape index (κ2) is 9.89. The molecule has 4 nitrogen and oxygen atoms in total. The van der Waals surface area contributed by atoms with Gasteiger partial charge in [0.05, 0.1) is 19.6 Å². The first-order chi connectivity index (χ1) is 13.6. The van der Waals surface area contributed by atoms with Crippen LogP contribution in [0.4, 0.5) is 4.39 Å². The highest BCUT2D eigenvalue weighted by Gasteiger charge is 2.23. The maximum atomic E-state index is 14.0. The van der Waals surface area contributed by atoms with E-state index in [1.165, 1.54) is 18.6 Å². The van der Waals surface area contributed by atoms with Gasteiger partial charge in [-0.25, -0.2) is 4.39 Å². The van der Waals surface area contributed by atoms with Crippen LogP contribution < -0.4 is 10.1 Å². The summed E-state index contributed by atoms with van der Waals surface area (Å²) in [5.74, 6) is 0.118. The number of piperidine rings is 1. The maximum Gasteiger partial charge on any atom is 0.224 e. The lowest BCUT2D eigenvalue weighted by Gasteiger charge is -2.35. The Hall–Kier alpha value is -2.11. The zero-order chi connectivity index (χ0) is 19.9. The number of hydrogen-bond donors (Lipinski definition) is 1. The van der Waals surface area contributed by atoms with Crippen LogP contribution in [-0.2, 0) is 11.2 Å². The van der Waals surface area contributed by atoms with E-state index >= 15 is 0 Å². The molecule has 0 spiro atoms. The Bertz CT molecular complexity index is 771. The fourth-order valence-corrected chi connectivity index (χ4v) is 3.88. The molecule has 0 bridgehead atoms. The van der Waals surface area contributed by atoms with Crippen molar-refractivity contribution >= 4 is 17.5 Å². The van der Waals surface area contributed by atoms with Crippen molar-refractivity contribution in [3.8, 4) is 5.75 Å². The molecule has 0 radical (unpaired) electrons. The van der Waals surface area contributed by atoms with Crippen LogP contribution in [0.2, 0.25) is 5.02 Å². The number of nitrogens with zero attached hydrogens (tertiary/aromatic N) is 1. The molecule has 1 N–H and O–H groups in total. The number of hydrogen-bond acceptors (Lipinski definition) is 3. The van der Waals surface area contributed by atoms with Gasteiger partial charge in [0.25, 0.3) is 0 Å². The number of nitrogens with one attached hydrogen (secondary N) is 1. The highest BCUT2D eigenvalue weighted by molar-refractivity contribution is 6.31. The molecule has 0 unspecified atom stereocenters. The van der Waals surface area contributed by atoms with E-state index in [0.29, 0.717) is 6.54 Å². The summed E-state index contributed by atoms with van der Waals surface area (Å²) in [4.78, 5) is 14.9. The maximum absolute atomic E-state index is 14.0. The minimum Gasteiger partial charge on any atom is -0.497 e. The average molecular weight is 405 g/mol. The average Bonchev–Trinajstić information content (AvgIpc) is 2.72. The molecule has 2 aromatic rings. The topological polar surface area (TPSA) is 41.6 Å². The van der Waals surface area contributed by atoms with E-state index in [-0.39, 0.29) is 29.0 Å². The van der Waals surface area contributed by atoms with E-state index < -0.39 is 5.82 Å². The van der Waals surface area contributed by atoms with Gasteiger partial charge >= 0.3 is 0 Å². The van der Waals surface area contributed by atoms with Gasteiger partial charge in [-0.15, -0.1) is 0 Å². The largest absolute Gasteiger partial charge is 0.497 e. The van der Waals surface area contributed by atoms with Crippen molar-refractivity contribution in [1.82, 2.24) is 10.2 Å². The molecule has 2 aromatic carbocycles. The zero-order valence-corrected chi connectivity index (χ0v) is 16.8. The summed E-state index contributed by atoms with van der Waals surface area (Å²) in [6.45, 7) is 2.48. The third kappa shape index (κ3) is 5.24. The summed E-state index contributed by atoms with van der Waals surface area (Å²) in [6, 6.07) is 12.5. The molecule has 150 valence electrons. The second-order valence-corrected chi connectivity index (χ2v) is 7.47. The Morgan fingerprint density at radius 1 is 1.18 bits per heavy atom. The van der Waals surface area contributed by atoms with Gasteiger partial charge in [0.1, 0.15) is 11.6 Å². The summed E-state index contributed by atoms with van der Waals surface area (Å²) in [7, 11) is 1.64. The molecule has 1 aliphatic rings. The molecule has 1 atom stereocenters. The monoisotopic (exact) mass is 404 g/mol. The molecule has 3 rings (SSSR count). The number of halogens is 2. The molecule has 1 aliphatic heterocycles. The fraction of sp³-hybridized carbons (Fsp3) is 0.409. The highest BCUT2D eigenvalue weighted by atomic mass is 35.5. The number of amides is 1.